The van der Waals surface area contributed by atoms with Crippen molar-refractivity contribution in [2.45, 2.75) is 32.0 Å². The summed E-state index contributed by atoms with van der Waals surface area (Å²) in [4.78, 5) is 15.5. The number of ether oxygens (including phenoxy) is 1. The molecule has 1 fully saturated rings. The van der Waals surface area contributed by atoms with Crippen molar-refractivity contribution in [1.29, 1.82) is 0 Å². The van der Waals surface area contributed by atoms with Crippen molar-refractivity contribution in [2.75, 3.05) is 0 Å². The van der Waals surface area contributed by atoms with Gasteiger partial charge in [-0.1, -0.05) is 18.2 Å². The number of carbonyl (C=O) groups excluding carboxylic acids is 1. The third kappa shape index (κ3) is 1.81. The van der Waals surface area contributed by atoms with E-state index >= 15 is 0 Å². The summed E-state index contributed by atoms with van der Waals surface area (Å²) in [5.74, 6) is 0. The highest BCUT2D eigenvalue weighted by molar-refractivity contribution is 5.98. The molecule has 3 rings (SSSR count). The zero-order valence-electron chi connectivity index (χ0n) is 10.3. The Balaban J connectivity index is 2.15. The molecule has 1 aliphatic heterocycles. The first kappa shape index (κ1) is 11.4. The van der Waals surface area contributed by atoms with Gasteiger partial charge in [-0.3, -0.25) is 9.78 Å². The molecule has 2 aromatic rings. The van der Waals surface area contributed by atoms with E-state index in [2.05, 4.69) is 11.9 Å². The second-order valence-corrected chi connectivity index (χ2v) is 4.77. The molecule has 92 valence electrons. The lowest BCUT2D eigenvalue weighted by Gasteiger charge is -2.13. The summed E-state index contributed by atoms with van der Waals surface area (Å²) in [6, 6.07) is 7.63. The van der Waals surface area contributed by atoms with Gasteiger partial charge in [-0.2, -0.15) is 0 Å². The van der Waals surface area contributed by atoms with Crippen LogP contribution in [0.1, 0.15) is 41.9 Å². The molecule has 3 heteroatoms. The number of aldehydes is 1. The highest BCUT2D eigenvalue weighted by Gasteiger charge is 2.25. The first-order chi connectivity index (χ1) is 8.79. The average molecular weight is 241 g/mol. The van der Waals surface area contributed by atoms with Crippen LogP contribution in [0.4, 0.5) is 0 Å². The molecule has 1 aliphatic rings. The minimum atomic E-state index is 0.0607. The lowest BCUT2D eigenvalue weighted by molar-refractivity contribution is 0.0540. The van der Waals surface area contributed by atoms with E-state index in [9.17, 15) is 4.79 Å². The van der Waals surface area contributed by atoms with E-state index in [0.29, 0.717) is 11.7 Å². The summed E-state index contributed by atoms with van der Waals surface area (Å²) in [6.45, 7) is 2.09. The molecular weight excluding hydrogens is 226 g/mol. The van der Waals surface area contributed by atoms with Gasteiger partial charge in [-0.05, 0) is 31.2 Å². The molecule has 0 N–H and O–H groups in total. The fourth-order valence-electron chi connectivity index (χ4n) is 2.62. The smallest absolute Gasteiger partial charge is 0.150 e. The lowest BCUT2D eigenvalue weighted by Crippen LogP contribution is -2.04. The van der Waals surface area contributed by atoms with Gasteiger partial charge in [0.1, 0.15) is 6.10 Å². The maximum Gasteiger partial charge on any atom is 0.150 e. The van der Waals surface area contributed by atoms with E-state index in [1.165, 1.54) is 0 Å². The van der Waals surface area contributed by atoms with Crippen molar-refractivity contribution in [2.24, 2.45) is 0 Å². The number of hydrogen-bond acceptors (Lipinski definition) is 3. The van der Waals surface area contributed by atoms with Crippen LogP contribution in [0.2, 0.25) is 0 Å². The van der Waals surface area contributed by atoms with Gasteiger partial charge in [0.15, 0.2) is 6.29 Å². The van der Waals surface area contributed by atoms with Gasteiger partial charge in [0, 0.05) is 17.1 Å². The number of fused-ring (bicyclic) bond motifs is 1. The van der Waals surface area contributed by atoms with Crippen LogP contribution >= 0.6 is 0 Å². The van der Waals surface area contributed by atoms with Crippen molar-refractivity contribution in [3.63, 3.8) is 0 Å². The normalized spacial score (nSPS) is 23.4. The summed E-state index contributed by atoms with van der Waals surface area (Å²) in [6.07, 6.45) is 5.07. The van der Waals surface area contributed by atoms with Crippen LogP contribution in [0, 0.1) is 0 Å². The molecule has 2 heterocycles. The van der Waals surface area contributed by atoms with Crippen molar-refractivity contribution in [1.82, 2.24) is 4.98 Å². The molecular formula is C15H15NO2. The van der Waals surface area contributed by atoms with Crippen LogP contribution in [0.25, 0.3) is 10.8 Å². The predicted octanol–water partition coefficient (Wildman–Crippen LogP) is 3.29. The number of benzene rings is 1. The Morgan fingerprint density at radius 2 is 2.17 bits per heavy atom. The van der Waals surface area contributed by atoms with E-state index in [0.717, 1.165) is 35.6 Å². The van der Waals surface area contributed by atoms with Crippen LogP contribution in [-0.4, -0.2) is 17.4 Å². The monoisotopic (exact) mass is 241 g/mol. The van der Waals surface area contributed by atoms with Gasteiger partial charge in [0.05, 0.1) is 11.8 Å². The molecule has 2 unspecified atom stereocenters. The Hall–Kier alpha value is -1.74. The van der Waals surface area contributed by atoms with E-state index in [1.807, 2.05) is 24.3 Å². The van der Waals surface area contributed by atoms with E-state index < -0.39 is 0 Å². The van der Waals surface area contributed by atoms with Crippen LogP contribution in [0.3, 0.4) is 0 Å². The summed E-state index contributed by atoms with van der Waals surface area (Å²) in [7, 11) is 0. The Morgan fingerprint density at radius 3 is 2.89 bits per heavy atom. The summed E-state index contributed by atoms with van der Waals surface area (Å²) in [5, 5.41) is 1.99. The summed E-state index contributed by atoms with van der Waals surface area (Å²) in [5.41, 5.74) is 1.67. The molecule has 1 aromatic carbocycles. The largest absolute Gasteiger partial charge is 0.369 e. The highest BCUT2D eigenvalue weighted by atomic mass is 16.5. The highest BCUT2D eigenvalue weighted by Crippen LogP contribution is 2.35. The maximum atomic E-state index is 11.1. The van der Waals surface area contributed by atoms with E-state index in [-0.39, 0.29) is 6.10 Å². The topological polar surface area (TPSA) is 39.2 Å². The van der Waals surface area contributed by atoms with Crippen LogP contribution in [-0.2, 0) is 4.74 Å². The van der Waals surface area contributed by atoms with Crippen molar-refractivity contribution in [3.05, 3.63) is 41.7 Å². The van der Waals surface area contributed by atoms with Crippen molar-refractivity contribution in [3.8, 4) is 0 Å². The Bertz CT molecular complexity index is 594. The zero-order valence-corrected chi connectivity index (χ0v) is 10.3. The fraction of sp³-hybridized carbons (Fsp3) is 0.333. The molecule has 1 aromatic heterocycles. The molecule has 0 amide bonds. The first-order valence-corrected chi connectivity index (χ1v) is 6.28. The van der Waals surface area contributed by atoms with Crippen LogP contribution in [0.5, 0.6) is 0 Å². The number of carbonyl (C=O) groups is 1. The van der Waals surface area contributed by atoms with Gasteiger partial charge in [-0.25, -0.2) is 0 Å². The molecule has 1 saturated heterocycles. The first-order valence-electron chi connectivity index (χ1n) is 6.28. The molecule has 0 bridgehead atoms. The van der Waals surface area contributed by atoms with E-state index in [1.54, 1.807) is 6.20 Å². The third-order valence-corrected chi connectivity index (χ3v) is 3.53. The lowest BCUT2D eigenvalue weighted by atomic mass is 10.0. The Morgan fingerprint density at radius 1 is 1.28 bits per heavy atom. The number of pyridine rings is 1. The minimum Gasteiger partial charge on any atom is -0.369 e. The minimum absolute atomic E-state index is 0.0607. The molecule has 0 saturated carbocycles. The average Bonchev–Trinajstić information content (AvgIpc) is 2.84. The zero-order chi connectivity index (χ0) is 12.5. The van der Waals surface area contributed by atoms with Gasteiger partial charge < -0.3 is 4.74 Å². The molecule has 0 spiro atoms. The molecule has 2 atom stereocenters. The number of hydrogen-bond donors (Lipinski definition) is 0. The molecule has 0 aliphatic carbocycles. The molecule has 3 nitrogen and oxygen atoms in total. The number of aromatic nitrogens is 1. The standard InChI is InChI=1S/C15H15NO2/c1-10-5-6-14(18-10)15-13-4-2-3-11(9-17)12(13)7-8-16-15/h2-4,7-10,14H,5-6H2,1H3. The van der Waals surface area contributed by atoms with Crippen molar-refractivity contribution < 1.29 is 9.53 Å². The second-order valence-electron chi connectivity index (χ2n) is 4.77. The quantitative estimate of drug-likeness (QED) is 0.757. The van der Waals surface area contributed by atoms with Crippen LogP contribution < -0.4 is 0 Å². The van der Waals surface area contributed by atoms with Gasteiger partial charge in [-0.15, -0.1) is 0 Å². The number of nitrogens with zero attached hydrogens (tertiary/aromatic N) is 1. The van der Waals surface area contributed by atoms with E-state index in [4.69, 9.17) is 4.74 Å². The van der Waals surface area contributed by atoms with Gasteiger partial charge >= 0.3 is 0 Å². The van der Waals surface area contributed by atoms with Gasteiger partial charge in [0.25, 0.3) is 0 Å². The third-order valence-electron chi connectivity index (χ3n) is 3.53. The van der Waals surface area contributed by atoms with Crippen molar-refractivity contribution >= 4 is 17.1 Å². The summed E-state index contributed by atoms with van der Waals surface area (Å²) < 4.78 is 5.88. The summed E-state index contributed by atoms with van der Waals surface area (Å²) >= 11 is 0. The SMILES string of the molecule is CC1CCC(c2nccc3c(C=O)cccc23)O1. The molecule has 18 heavy (non-hydrogen) atoms. The van der Waals surface area contributed by atoms with Gasteiger partial charge in [0.2, 0.25) is 0 Å². The predicted molar refractivity (Wildman–Crippen MR) is 69.7 cm³/mol. The Kier molecular flexibility index (Phi) is 2.84. The van der Waals surface area contributed by atoms with Crippen LogP contribution in [0.15, 0.2) is 30.5 Å². The Labute approximate surface area is 106 Å². The maximum absolute atomic E-state index is 11.1. The number of rotatable bonds is 2. The molecule has 0 radical (unpaired) electrons. The fourth-order valence-corrected chi connectivity index (χ4v) is 2.62. The second kappa shape index (κ2) is 4.50.